The zero-order valence-electron chi connectivity index (χ0n) is 10.9. The number of nitrogens with one attached hydrogen (secondary N) is 1. The van der Waals surface area contributed by atoms with Crippen molar-refractivity contribution in [3.05, 3.63) is 47.2 Å². The Labute approximate surface area is 122 Å². The minimum Gasteiger partial charge on any atom is -0.495 e. The van der Waals surface area contributed by atoms with Crippen molar-refractivity contribution in [3.8, 4) is 5.75 Å². The molecular weight excluding hydrogens is 300 g/mol. The Bertz CT molecular complexity index is 732. The van der Waals surface area contributed by atoms with Crippen LogP contribution in [-0.2, 0) is 10.0 Å². The van der Waals surface area contributed by atoms with Gasteiger partial charge in [0.15, 0.2) is 0 Å². The predicted octanol–water partition coefficient (Wildman–Crippen LogP) is 2.85. The number of hydrogen-bond donors (Lipinski definition) is 1. The molecule has 5 nitrogen and oxygen atoms in total. The van der Waals surface area contributed by atoms with Gasteiger partial charge in [-0.3, -0.25) is 9.71 Å². The van der Waals surface area contributed by atoms with Gasteiger partial charge in [-0.1, -0.05) is 11.6 Å². The van der Waals surface area contributed by atoms with Crippen LogP contribution in [0.15, 0.2) is 41.4 Å². The van der Waals surface area contributed by atoms with E-state index in [0.717, 1.165) is 5.69 Å². The lowest BCUT2D eigenvalue weighted by Crippen LogP contribution is -2.13. The molecule has 0 amide bonds. The van der Waals surface area contributed by atoms with Gasteiger partial charge in [0.05, 0.1) is 22.7 Å². The van der Waals surface area contributed by atoms with Crippen molar-refractivity contribution in [3.63, 3.8) is 0 Å². The van der Waals surface area contributed by atoms with Crippen molar-refractivity contribution < 1.29 is 13.2 Å². The molecule has 0 unspecified atom stereocenters. The van der Waals surface area contributed by atoms with Crippen LogP contribution in [0.5, 0.6) is 5.75 Å². The molecule has 0 aliphatic heterocycles. The molecule has 0 aliphatic rings. The molecule has 0 fully saturated rings. The SMILES string of the molecule is COc1ccc(S(=O)(=O)Nc2ccnc(C)c2)cc1Cl. The van der Waals surface area contributed by atoms with Gasteiger partial charge >= 0.3 is 0 Å². The molecule has 0 radical (unpaired) electrons. The highest BCUT2D eigenvalue weighted by Gasteiger charge is 2.16. The van der Waals surface area contributed by atoms with Gasteiger partial charge < -0.3 is 4.74 Å². The number of sulfonamides is 1. The minimum atomic E-state index is -3.70. The highest BCUT2D eigenvalue weighted by Crippen LogP contribution is 2.27. The summed E-state index contributed by atoms with van der Waals surface area (Å²) in [7, 11) is -2.23. The second-order valence-electron chi connectivity index (χ2n) is 4.09. The number of ether oxygens (including phenoxy) is 1. The van der Waals surface area contributed by atoms with E-state index >= 15 is 0 Å². The fourth-order valence-electron chi connectivity index (χ4n) is 1.64. The Kier molecular flexibility index (Phi) is 4.15. The molecule has 1 aromatic heterocycles. The monoisotopic (exact) mass is 312 g/mol. The van der Waals surface area contributed by atoms with E-state index in [-0.39, 0.29) is 9.92 Å². The lowest BCUT2D eigenvalue weighted by molar-refractivity contribution is 0.414. The number of halogens is 1. The molecule has 1 heterocycles. The molecule has 7 heteroatoms. The van der Waals surface area contributed by atoms with E-state index in [0.29, 0.717) is 11.4 Å². The molecular formula is C13H13ClN2O3S. The van der Waals surface area contributed by atoms with E-state index in [2.05, 4.69) is 9.71 Å². The molecule has 0 saturated carbocycles. The summed E-state index contributed by atoms with van der Waals surface area (Å²) in [5.74, 6) is 0.422. The van der Waals surface area contributed by atoms with Crippen molar-refractivity contribution in [2.24, 2.45) is 0 Å². The third-order valence-corrected chi connectivity index (χ3v) is 4.26. The lowest BCUT2D eigenvalue weighted by atomic mass is 10.3. The summed E-state index contributed by atoms with van der Waals surface area (Å²) < 4.78 is 31.9. The summed E-state index contributed by atoms with van der Waals surface area (Å²) in [6, 6.07) is 7.50. The fraction of sp³-hybridized carbons (Fsp3) is 0.154. The van der Waals surface area contributed by atoms with Crippen LogP contribution in [0.3, 0.4) is 0 Å². The second kappa shape index (κ2) is 5.68. The number of pyridine rings is 1. The maximum Gasteiger partial charge on any atom is 0.261 e. The van der Waals surface area contributed by atoms with E-state index in [1.165, 1.54) is 31.5 Å². The minimum absolute atomic E-state index is 0.0674. The Hall–Kier alpha value is -1.79. The quantitative estimate of drug-likeness (QED) is 0.942. The third-order valence-electron chi connectivity index (χ3n) is 2.58. The van der Waals surface area contributed by atoms with Crippen LogP contribution in [0, 0.1) is 6.92 Å². The van der Waals surface area contributed by atoms with E-state index < -0.39 is 10.0 Å². The number of benzene rings is 1. The van der Waals surface area contributed by atoms with Crippen molar-refractivity contribution in [2.75, 3.05) is 11.8 Å². The number of nitrogens with zero attached hydrogens (tertiary/aromatic N) is 1. The summed E-state index contributed by atoms with van der Waals surface area (Å²) in [4.78, 5) is 4.07. The van der Waals surface area contributed by atoms with Gasteiger partial charge in [0, 0.05) is 11.9 Å². The average molecular weight is 313 g/mol. The van der Waals surface area contributed by atoms with Crippen LogP contribution in [-0.4, -0.2) is 20.5 Å². The molecule has 20 heavy (non-hydrogen) atoms. The number of hydrogen-bond acceptors (Lipinski definition) is 4. The van der Waals surface area contributed by atoms with Crippen molar-refractivity contribution in [1.82, 2.24) is 4.98 Å². The largest absolute Gasteiger partial charge is 0.495 e. The topological polar surface area (TPSA) is 68.3 Å². The first-order valence-electron chi connectivity index (χ1n) is 5.71. The van der Waals surface area contributed by atoms with E-state index in [9.17, 15) is 8.42 Å². The van der Waals surface area contributed by atoms with Gasteiger partial charge in [-0.2, -0.15) is 0 Å². The summed E-state index contributed by atoms with van der Waals surface area (Å²) in [5, 5.41) is 0.237. The first-order valence-corrected chi connectivity index (χ1v) is 7.57. The molecule has 0 bridgehead atoms. The fourth-order valence-corrected chi connectivity index (χ4v) is 3.04. The Morgan fingerprint density at radius 1 is 1.25 bits per heavy atom. The van der Waals surface area contributed by atoms with Gasteiger partial charge in [-0.25, -0.2) is 8.42 Å². The number of aromatic nitrogens is 1. The van der Waals surface area contributed by atoms with Gasteiger partial charge in [0.25, 0.3) is 10.0 Å². The van der Waals surface area contributed by atoms with E-state index in [4.69, 9.17) is 16.3 Å². The number of methoxy groups -OCH3 is 1. The molecule has 0 saturated heterocycles. The van der Waals surface area contributed by atoms with Crippen LogP contribution in [0.2, 0.25) is 5.02 Å². The highest BCUT2D eigenvalue weighted by molar-refractivity contribution is 7.92. The maximum atomic E-state index is 12.2. The molecule has 0 spiro atoms. The Balaban J connectivity index is 2.33. The average Bonchev–Trinajstić information content (AvgIpc) is 2.38. The van der Waals surface area contributed by atoms with Gasteiger partial charge in [0.1, 0.15) is 5.75 Å². The zero-order chi connectivity index (χ0) is 14.8. The second-order valence-corrected chi connectivity index (χ2v) is 6.18. The molecule has 2 aromatic rings. The smallest absolute Gasteiger partial charge is 0.261 e. The van der Waals surface area contributed by atoms with Crippen LogP contribution < -0.4 is 9.46 Å². The molecule has 1 aromatic carbocycles. The first kappa shape index (κ1) is 14.6. The zero-order valence-corrected chi connectivity index (χ0v) is 12.5. The molecule has 1 N–H and O–H groups in total. The first-order chi connectivity index (χ1) is 9.42. The van der Waals surface area contributed by atoms with E-state index in [1.807, 2.05) is 0 Å². The normalized spacial score (nSPS) is 11.2. The van der Waals surface area contributed by atoms with Crippen molar-refractivity contribution >= 4 is 27.3 Å². The lowest BCUT2D eigenvalue weighted by Gasteiger charge is -2.10. The van der Waals surface area contributed by atoms with Crippen molar-refractivity contribution in [1.29, 1.82) is 0 Å². The van der Waals surface area contributed by atoms with Crippen LogP contribution in [0.4, 0.5) is 5.69 Å². The summed E-state index contributed by atoms with van der Waals surface area (Å²) >= 11 is 5.94. The standard InChI is InChI=1S/C13H13ClN2O3S/c1-9-7-10(5-6-15-9)16-20(17,18)11-3-4-13(19-2)12(14)8-11/h3-8H,1-2H3,(H,15,16). The summed E-state index contributed by atoms with van der Waals surface area (Å²) in [6.45, 7) is 1.78. The van der Waals surface area contributed by atoms with Crippen molar-refractivity contribution in [2.45, 2.75) is 11.8 Å². The van der Waals surface area contributed by atoms with Gasteiger partial charge in [0.2, 0.25) is 0 Å². The molecule has 106 valence electrons. The predicted molar refractivity (Wildman–Crippen MR) is 77.8 cm³/mol. The van der Waals surface area contributed by atoms with E-state index in [1.54, 1.807) is 19.1 Å². The third kappa shape index (κ3) is 3.20. The highest BCUT2D eigenvalue weighted by atomic mass is 35.5. The van der Waals surface area contributed by atoms with Gasteiger partial charge in [-0.05, 0) is 37.3 Å². The molecule has 2 rings (SSSR count). The van der Waals surface area contributed by atoms with Gasteiger partial charge in [-0.15, -0.1) is 0 Å². The summed E-state index contributed by atoms with van der Waals surface area (Å²) in [6.07, 6.45) is 1.54. The van der Waals surface area contributed by atoms with Crippen LogP contribution in [0.25, 0.3) is 0 Å². The number of anilines is 1. The van der Waals surface area contributed by atoms with Crippen LogP contribution in [0.1, 0.15) is 5.69 Å². The Morgan fingerprint density at radius 2 is 2.00 bits per heavy atom. The molecule has 0 aliphatic carbocycles. The number of rotatable bonds is 4. The molecule has 0 atom stereocenters. The van der Waals surface area contributed by atoms with Crippen LogP contribution >= 0.6 is 11.6 Å². The maximum absolute atomic E-state index is 12.2. The Morgan fingerprint density at radius 3 is 2.60 bits per heavy atom. The number of aryl methyl sites for hydroxylation is 1. The summed E-state index contributed by atoms with van der Waals surface area (Å²) in [5.41, 5.74) is 1.17.